The van der Waals surface area contributed by atoms with Gasteiger partial charge in [-0.3, -0.25) is 14.5 Å². The van der Waals surface area contributed by atoms with Crippen LogP contribution in [0.3, 0.4) is 0 Å². The molecule has 5 nitrogen and oxygen atoms in total. The number of hydrogen-bond acceptors (Lipinski definition) is 3. The lowest BCUT2D eigenvalue weighted by Crippen LogP contribution is -2.40. The predicted molar refractivity (Wildman–Crippen MR) is 73.3 cm³/mol. The van der Waals surface area contributed by atoms with Gasteiger partial charge in [-0.1, -0.05) is 19.8 Å². The summed E-state index contributed by atoms with van der Waals surface area (Å²) in [4.78, 5) is 27.6. The summed E-state index contributed by atoms with van der Waals surface area (Å²) in [7, 11) is 0. The molecule has 2 amide bonds. The smallest absolute Gasteiger partial charge is 0.236 e. The number of amides is 2. The van der Waals surface area contributed by atoms with Gasteiger partial charge in [0.25, 0.3) is 0 Å². The van der Waals surface area contributed by atoms with Gasteiger partial charge in [0.1, 0.15) is 0 Å². The van der Waals surface area contributed by atoms with Crippen molar-refractivity contribution in [1.29, 1.82) is 0 Å². The first-order valence-corrected chi connectivity index (χ1v) is 7.37. The van der Waals surface area contributed by atoms with Crippen molar-refractivity contribution >= 4 is 11.8 Å². The Balaban J connectivity index is 1.84. The van der Waals surface area contributed by atoms with Crippen LogP contribution in [0.1, 0.15) is 32.6 Å². The van der Waals surface area contributed by atoms with Crippen LogP contribution in [0.25, 0.3) is 0 Å². The van der Waals surface area contributed by atoms with Crippen molar-refractivity contribution in [2.24, 2.45) is 17.6 Å². The van der Waals surface area contributed by atoms with Gasteiger partial charge in [-0.05, 0) is 18.8 Å². The highest BCUT2D eigenvalue weighted by atomic mass is 16.2. The lowest BCUT2D eigenvalue weighted by atomic mass is 9.98. The largest absolute Gasteiger partial charge is 0.369 e. The Kier molecular flexibility index (Phi) is 4.80. The van der Waals surface area contributed by atoms with E-state index < -0.39 is 0 Å². The second kappa shape index (κ2) is 6.37. The molecule has 2 fully saturated rings. The molecule has 2 saturated heterocycles. The molecule has 19 heavy (non-hydrogen) atoms. The van der Waals surface area contributed by atoms with Crippen LogP contribution in [0.5, 0.6) is 0 Å². The van der Waals surface area contributed by atoms with E-state index in [-0.39, 0.29) is 23.7 Å². The summed E-state index contributed by atoms with van der Waals surface area (Å²) in [5.74, 6) is 0.128. The maximum atomic E-state index is 12.3. The lowest BCUT2D eigenvalue weighted by Gasteiger charge is -2.23. The molecule has 2 atom stereocenters. The molecule has 0 saturated carbocycles. The molecule has 2 N–H and O–H groups in total. The predicted octanol–water partition coefficient (Wildman–Crippen LogP) is 0.442. The first kappa shape index (κ1) is 14.3. The van der Waals surface area contributed by atoms with Gasteiger partial charge in [0, 0.05) is 26.2 Å². The number of nitrogens with two attached hydrogens (primary N) is 1. The Morgan fingerprint density at radius 1 is 1.11 bits per heavy atom. The van der Waals surface area contributed by atoms with E-state index in [0.29, 0.717) is 13.1 Å². The first-order chi connectivity index (χ1) is 9.08. The molecule has 108 valence electrons. The number of carbonyl (C=O) groups excluding carboxylic acids is 2. The second-order valence-corrected chi connectivity index (χ2v) is 5.98. The normalized spacial score (nSPS) is 29.2. The minimum atomic E-state index is -0.239. The van der Waals surface area contributed by atoms with Crippen molar-refractivity contribution in [2.75, 3.05) is 32.7 Å². The zero-order valence-corrected chi connectivity index (χ0v) is 11.8. The number of primary amides is 1. The molecule has 2 rings (SSSR count). The van der Waals surface area contributed by atoms with Crippen molar-refractivity contribution < 1.29 is 9.59 Å². The number of nitrogens with zero attached hydrogens (tertiary/aromatic N) is 2. The molecule has 0 aromatic heterocycles. The molecule has 2 aliphatic heterocycles. The molecular weight excluding hydrogens is 242 g/mol. The third-order valence-electron chi connectivity index (χ3n) is 4.37. The maximum absolute atomic E-state index is 12.3. The average Bonchev–Trinajstić information content (AvgIpc) is 2.58. The molecule has 0 aromatic rings. The molecule has 0 bridgehead atoms. The molecule has 2 aliphatic rings. The number of hydrogen-bond donors (Lipinski definition) is 1. The van der Waals surface area contributed by atoms with Crippen molar-refractivity contribution in [2.45, 2.75) is 32.6 Å². The monoisotopic (exact) mass is 267 g/mol. The van der Waals surface area contributed by atoms with Crippen LogP contribution in [0.4, 0.5) is 0 Å². The Hall–Kier alpha value is -1.10. The van der Waals surface area contributed by atoms with E-state index in [2.05, 4.69) is 4.90 Å². The highest BCUT2D eigenvalue weighted by Gasteiger charge is 2.34. The zero-order chi connectivity index (χ0) is 13.8. The Bertz CT molecular complexity index is 338. The van der Waals surface area contributed by atoms with Crippen LogP contribution in [-0.4, -0.2) is 54.3 Å². The Morgan fingerprint density at radius 3 is 2.26 bits per heavy atom. The minimum absolute atomic E-state index is 0.100. The quantitative estimate of drug-likeness (QED) is 0.807. The topological polar surface area (TPSA) is 66.6 Å². The van der Waals surface area contributed by atoms with Crippen LogP contribution in [0.2, 0.25) is 0 Å². The van der Waals surface area contributed by atoms with E-state index in [9.17, 15) is 9.59 Å². The van der Waals surface area contributed by atoms with Gasteiger partial charge >= 0.3 is 0 Å². The van der Waals surface area contributed by atoms with E-state index in [0.717, 1.165) is 32.5 Å². The number of rotatable bonds is 3. The maximum Gasteiger partial charge on any atom is 0.236 e. The number of likely N-dealkylation sites (tertiary alicyclic amines) is 2. The average molecular weight is 267 g/mol. The lowest BCUT2D eigenvalue weighted by molar-refractivity contribution is -0.132. The van der Waals surface area contributed by atoms with Crippen molar-refractivity contribution in [3.05, 3.63) is 0 Å². The molecule has 0 aliphatic carbocycles. The van der Waals surface area contributed by atoms with Crippen LogP contribution in [0.15, 0.2) is 0 Å². The van der Waals surface area contributed by atoms with E-state index in [1.165, 1.54) is 12.8 Å². The second-order valence-electron chi connectivity index (χ2n) is 5.98. The van der Waals surface area contributed by atoms with Crippen LogP contribution in [0, 0.1) is 11.8 Å². The number of carbonyl (C=O) groups is 2. The highest BCUT2D eigenvalue weighted by Crippen LogP contribution is 2.22. The van der Waals surface area contributed by atoms with E-state index in [4.69, 9.17) is 5.73 Å². The molecule has 2 heterocycles. The van der Waals surface area contributed by atoms with Crippen LogP contribution >= 0.6 is 0 Å². The van der Waals surface area contributed by atoms with Gasteiger partial charge in [-0.2, -0.15) is 0 Å². The fourth-order valence-corrected chi connectivity index (χ4v) is 3.18. The van der Waals surface area contributed by atoms with Gasteiger partial charge in [-0.15, -0.1) is 0 Å². The minimum Gasteiger partial charge on any atom is -0.369 e. The molecule has 5 heteroatoms. The molecule has 0 spiro atoms. The van der Waals surface area contributed by atoms with Crippen molar-refractivity contribution in [3.63, 3.8) is 0 Å². The summed E-state index contributed by atoms with van der Waals surface area (Å²) in [5.41, 5.74) is 5.38. The third kappa shape index (κ3) is 3.69. The fourth-order valence-electron chi connectivity index (χ4n) is 3.18. The van der Waals surface area contributed by atoms with Crippen molar-refractivity contribution in [3.8, 4) is 0 Å². The van der Waals surface area contributed by atoms with Gasteiger partial charge < -0.3 is 10.6 Å². The van der Waals surface area contributed by atoms with Crippen LogP contribution < -0.4 is 5.73 Å². The summed E-state index contributed by atoms with van der Waals surface area (Å²) in [6.07, 6.45) is 4.70. The van der Waals surface area contributed by atoms with Gasteiger partial charge in [0.15, 0.2) is 0 Å². The van der Waals surface area contributed by atoms with E-state index in [1.807, 2.05) is 11.8 Å². The van der Waals surface area contributed by atoms with Gasteiger partial charge in [-0.25, -0.2) is 0 Å². The Morgan fingerprint density at radius 2 is 1.74 bits per heavy atom. The Labute approximate surface area is 115 Å². The zero-order valence-electron chi connectivity index (χ0n) is 11.8. The van der Waals surface area contributed by atoms with Crippen molar-refractivity contribution in [1.82, 2.24) is 9.80 Å². The summed E-state index contributed by atoms with van der Waals surface area (Å²) in [5, 5.41) is 0. The standard InChI is InChI=1S/C14H25N3O2/c1-11-8-16(9-12(11)14(15)19)10-13(18)17-6-4-2-3-5-7-17/h11-12H,2-10H2,1H3,(H2,15,19)/t11-,12-/m1/s1. The van der Waals surface area contributed by atoms with Gasteiger partial charge in [0.2, 0.25) is 11.8 Å². The molecule has 0 radical (unpaired) electrons. The summed E-state index contributed by atoms with van der Waals surface area (Å²) in [6.45, 7) is 5.69. The highest BCUT2D eigenvalue weighted by molar-refractivity contribution is 5.79. The third-order valence-corrected chi connectivity index (χ3v) is 4.37. The molecular formula is C14H25N3O2. The molecule has 0 unspecified atom stereocenters. The van der Waals surface area contributed by atoms with Gasteiger partial charge in [0.05, 0.1) is 12.5 Å². The fraction of sp³-hybridized carbons (Fsp3) is 0.857. The van der Waals surface area contributed by atoms with E-state index >= 15 is 0 Å². The summed E-state index contributed by atoms with van der Waals surface area (Å²) in [6, 6.07) is 0. The SMILES string of the molecule is C[C@@H]1CN(CC(=O)N2CCCCCC2)C[C@H]1C(N)=O. The summed E-state index contributed by atoms with van der Waals surface area (Å²) >= 11 is 0. The first-order valence-electron chi connectivity index (χ1n) is 7.37. The summed E-state index contributed by atoms with van der Waals surface area (Å²) < 4.78 is 0. The van der Waals surface area contributed by atoms with Crippen LogP contribution in [-0.2, 0) is 9.59 Å². The van der Waals surface area contributed by atoms with E-state index in [1.54, 1.807) is 0 Å². The molecule has 0 aromatic carbocycles.